The highest BCUT2D eigenvalue weighted by Crippen LogP contribution is 2.33. The SMILES string of the molecule is FC(F)(F)c1ccc(OC2CC3CCC2NC3)nc1. The standard InChI is InChI=1S/C13H15F3N2O/c14-13(15,16)9-2-4-12(18-7-9)19-11-5-8-1-3-10(11)17-6-8/h2,4,7-8,10-11,17H,1,3,5-6H2. The summed E-state index contributed by atoms with van der Waals surface area (Å²) < 4.78 is 42.9. The summed E-state index contributed by atoms with van der Waals surface area (Å²) in [5.74, 6) is 0.886. The number of alkyl halides is 3. The van der Waals surface area contributed by atoms with Gasteiger partial charge in [0.15, 0.2) is 0 Å². The minimum atomic E-state index is -4.35. The smallest absolute Gasteiger partial charge is 0.417 e. The lowest BCUT2D eigenvalue weighted by Crippen LogP contribution is -2.55. The van der Waals surface area contributed by atoms with Crippen molar-refractivity contribution in [2.24, 2.45) is 5.92 Å². The van der Waals surface area contributed by atoms with Gasteiger partial charge in [0.05, 0.1) is 5.56 Å². The molecule has 0 amide bonds. The third kappa shape index (κ3) is 2.68. The monoisotopic (exact) mass is 272 g/mol. The van der Waals surface area contributed by atoms with Gasteiger partial charge in [-0.3, -0.25) is 0 Å². The molecule has 3 fully saturated rings. The van der Waals surface area contributed by atoms with Crippen molar-refractivity contribution < 1.29 is 17.9 Å². The van der Waals surface area contributed by atoms with Crippen LogP contribution >= 0.6 is 0 Å². The van der Waals surface area contributed by atoms with Crippen LogP contribution in [0.3, 0.4) is 0 Å². The Balaban J connectivity index is 1.67. The first-order chi connectivity index (χ1) is 9.02. The molecule has 19 heavy (non-hydrogen) atoms. The molecule has 2 bridgehead atoms. The molecule has 3 unspecified atom stereocenters. The molecule has 1 aliphatic carbocycles. The minimum absolute atomic E-state index is 0.0248. The van der Waals surface area contributed by atoms with E-state index in [1.165, 1.54) is 12.5 Å². The molecule has 0 spiro atoms. The highest BCUT2D eigenvalue weighted by molar-refractivity contribution is 5.20. The van der Waals surface area contributed by atoms with Crippen molar-refractivity contribution in [1.29, 1.82) is 0 Å². The quantitative estimate of drug-likeness (QED) is 0.898. The second-order valence-corrected chi connectivity index (χ2v) is 5.23. The van der Waals surface area contributed by atoms with Gasteiger partial charge in [0.2, 0.25) is 5.88 Å². The molecule has 104 valence electrons. The fraction of sp³-hybridized carbons (Fsp3) is 0.615. The van der Waals surface area contributed by atoms with E-state index in [0.29, 0.717) is 12.0 Å². The minimum Gasteiger partial charge on any atom is -0.473 e. The maximum atomic E-state index is 12.4. The summed E-state index contributed by atoms with van der Waals surface area (Å²) in [7, 11) is 0. The van der Waals surface area contributed by atoms with Crippen molar-refractivity contribution in [2.45, 2.75) is 37.6 Å². The second kappa shape index (κ2) is 4.67. The summed E-state index contributed by atoms with van der Waals surface area (Å²) in [5.41, 5.74) is -0.747. The number of nitrogens with one attached hydrogen (secondary N) is 1. The van der Waals surface area contributed by atoms with Crippen LogP contribution in [0.1, 0.15) is 24.8 Å². The van der Waals surface area contributed by atoms with Gasteiger partial charge in [-0.1, -0.05) is 0 Å². The Morgan fingerprint density at radius 1 is 1.26 bits per heavy atom. The van der Waals surface area contributed by atoms with Crippen LogP contribution in [0, 0.1) is 5.92 Å². The number of halogens is 3. The van der Waals surface area contributed by atoms with E-state index >= 15 is 0 Å². The van der Waals surface area contributed by atoms with Crippen LogP contribution in [0.2, 0.25) is 0 Å². The first-order valence-electron chi connectivity index (χ1n) is 6.45. The van der Waals surface area contributed by atoms with Gasteiger partial charge in [-0.25, -0.2) is 4.98 Å². The highest BCUT2D eigenvalue weighted by atomic mass is 19.4. The van der Waals surface area contributed by atoms with E-state index in [0.717, 1.165) is 31.6 Å². The summed E-state index contributed by atoms with van der Waals surface area (Å²) in [6.07, 6.45) is -0.272. The molecule has 3 aliphatic rings. The molecule has 3 atom stereocenters. The molecule has 0 radical (unpaired) electrons. The predicted molar refractivity (Wildman–Crippen MR) is 62.8 cm³/mol. The number of aromatic nitrogens is 1. The molecule has 1 aromatic rings. The van der Waals surface area contributed by atoms with E-state index in [-0.39, 0.29) is 12.0 Å². The number of hydrogen-bond donors (Lipinski definition) is 1. The summed E-state index contributed by atoms with van der Waals surface area (Å²) in [4.78, 5) is 3.75. The zero-order chi connectivity index (χ0) is 13.5. The Hall–Kier alpha value is -1.30. The third-order valence-corrected chi connectivity index (χ3v) is 3.90. The Bertz CT molecular complexity index is 438. The van der Waals surface area contributed by atoms with Crippen molar-refractivity contribution in [2.75, 3.05) is 6.54 Å². The summed E-state index contributed by atoms with van der Waals surface area (Å²) in [6.45, 7) is 1.02. The molecule has 2 saturated heterocycles. The van der Waals surface area contributed by atoms with Gasteiger partial charge in [0, 0.05) is 18.3 Å². The molecule has 0 aromatic carbocycles. The van der Waals surface area contributed by atoms with E-state index in [4.69, 9.17) is 4.74 Å². The van der Waals surface area contributed by atoms with Gasteiger partial charge < -0.3 is 10.1 Å². The fourth-order valence-electron chi connectivity index (χ4n) is 2.85. The zero-order valence-electron chi connectivity index (χ0n) is 10.3. The van der Waals surface area contributed by atoms with Crippen LogP contribution in [-0.2, 0) is 6.18 Å². The molecular formula is C13H15F3N2O. The molecular weight excluding hydrogens is 257 g/mol. The van der Waals surface area contributed by atoms with E-state index in [1.807, 2.05) is 0 Å². The Labute approximate surface area is 109 Å². The highest BCUT2D eigenvalue weighted by Gasteiger charge is 2.37. The van der Waals surface area contributed by atoms with E-state index < -0.39 is 11.7 Å². The molecule has 1 N–H and O–H groups in total. The first-order valence-corrected chi connectivity index (χ1v) is 6.45. The Kier molecular flexibility index (Phi) is 3.12. The summed E-state index contributed by atoms with van der Waals surface area (Å²) in [6, 6.07) is 2.61. The van der Waals surface area contributed by atoms with Crippen molar-refractivity contribution in [3.8, 4) is 5.88 Å². The van der Waals surface area contributed by atoms with Crippen LogP contribution < -0.4 is 10.1 Å². The number of rotatable bonds is 2. The van der Waals surface area contributed by atoms with Crippen molar-refractivity contribution in [3.05, 3.63) is 23.9 Å². The van der Waals surface area contributed by atoms with E-state index in [1.54, 1.807) is 0 Å². The van der Waals surface area contributed by atoms with E-state index in [9.17, 15) is 13.2 Å². The van der Waals surface area contributed by atoms with Gasteiger partial charge >= 0.3 is 6.18 Å². The number of hydrogen-bond acceptors (Lipinski definition) is 3. The first kappa shape index (κ1) is 12.7. The van der Waals surface area contributed by atoms with Crippen LogP contribution in [0.15, 0.2) is 18.3 Å². The molecule has 2 aliphatic heterocycles. The lowest BCUT2D eigenvalue weighted by Gasteiger charge is -2.42. The normalized spacial score (nSPS) is 30.4. The average molecular weight is 272 g/mol. The van der Waals surface area contributed by atoms with E-state index in [2.05, 4.69) is 10.3 Å². The molecule has 6 heteroatoms. The summed E-state index contributed by atoms with van der Waals surface area (Å²) in [5, 5.41) is 3.39. The van der Waals surface area contributed by atoms with Gasteiger partial charge in [-0.15, -0.1) is 0 Å². The van der Waals surface area contributed by atoms with Crippen LogP contribution in [0.4, 0.5) is 13.2 Å². The Morgan fingerprint density at radius 2 is 2.11 bits per heavy atom. The van der Waals surface area contributed by atoms with Crippen molar-refractivity contribution >= 4 is 0 Å². The van der Waals surface area contributed by atoms with Crippen molar-refractivity contribution in [1.82, 2.24) is 10.3 Å². The zero-order valence-corrected chi connectivity index (χ0v) is 10.3. The molecule has 3 heterocycles. The lowest BCUT2D eigenvalue weighted by molar-refractivity contribution is -0.137. The third-order valence-electron chi connectivity index (χ3n) is 3.90. The van der Waals surface area contributed by atoms with Crippen LogP contribution in [0.5, 0.6) is 5.88 Å². The number of piperidine rings is 2. The molecule has 4 rings (SSSR count). The van der Waals surface area contributed by atoms with Gasteiger partial charge in [0.1, 0.15) is 6.10 Å². The average Bonchev–Trinajstić information content (AvgIpc) is 2.40. The molecule has 1 aromatic heterocycles. The predicted octanol–water partition coefficient (Wildman–Crippen LogP) is 2.62. The number of pyridine rings is 1. The van der Waals surface area contributed by atoms with Gasteiger partial charge in [-0.2, -0.15) is 13.2 Å². The summed E-state index contributed by atoms with van der Waals surface area (Å²) >= 11 is 0. The molecule has 3 nitrogen and oxygen atoms in total. The lowest BCUT2D eigenvalue weighted by atomic mass is 9.79. The topological polar surface area (TPSA) is 34.1 Å². The number of nitrogens with zero attached hydrogens (tertiary/aromatic N) is 1. The van der Waals surface area contributed by atoms with Gasteiger partial charge in [-0.05, 0) is 37.8 Å². The molecule has 1 saturated carbocycles. The van der Waals surface area contributed by atoms with Crippen molar-refractivity contribution in [3.63, 3.8) is 0 Å². The number of ether oxygens (including phenoxy) is 1. The van der Waals surface area contributed by atoms with Crippen LogP contribution in [-0.4, -0.2) is 23.7 Å². The largest absolute Gasteiger partial charge is 0.473 e. The second-order valence-electron chi connectivity index (χ2n) is 5.23. The Morgan fingerprint density at radius 3 is 2.58 bits per heavy atom. The fourth-order valence-corrected chi connectivity index (χ4v) is 2.85. The number of fused-ring (bicyclic) bond motifs is 3. The van der Waals surface area contributed by atoms with Gasteiger partial charge in [0.25, 0.3) is 0 Å². The van der Waals surface area contributed by atoms with Crippen LogP contribution in [0.25, 0.3) is 0 Å². The maximum Gasteiger partial charge on any atom is 0.417 e. The maximum absolute atomic E-state index is 12.4.